The van der Waals surface area contributed by atoms with E-state index in [2.05, 4.69) is 15.3 Å². The number of carbonyl (C=O) groups is 1. The lowest BCUT2D eigenvalue weighted by atomic mass is 10.1. The average molecular weight is 324 g/mol. The molecule has 0 saturated heterocycles. The van der Waals surface area contributed by atoms with Crippen LogP contribution in [0, 0.1) is 0 Å². The highest BCUT2D eigenvalue weighted by atomic mass is 35.5. The standard InChI is InChI=1S/C15H18ClN3O3/c1-7(2)13-12(15(20)21)19-14(22-13)9-6-17-11(16)5-10(9)18-8(3)4/h5-8H,1-4H3,(H,17,18)(H,20,21). The molecular formula is C15H18ClN3O3. The van der Waals surface area contributed by atoms with E-state index in [0.717, 1.165) is 0 Å². The van der Waals surface area contributed by atoms with Crippen LogP contribution in [0.25, 0.3) is 11.5 Å². The maximum absolute atomic E-state index is 11.3. The molecule has 0 radical (unpaired) electrons. The monoisotopic (exact) mass is 323 g/mol. The minimum Gasteiger partial charge on any atom is -0.476 e. The number of halogens is 1. The molecule has 118 valence electrons. The highest BCUT2D eigenvalue weighted by molar-refractivity contribution is 6.29. The van der Waals surface area contributed by atoms with Crippen LogP contribution in [-0.4, -0.2) is 27.1 Å². The number of nitrogens with one attached hydrogen (secondary N) is 1. The third kappa shape index (κ3) is 3.39. The first-order chi connectivity index (χ1) is 10.3. The SMILES string of the molecule is CC(C)Nc1cc(Cl)ncc1-c1nc(C(=O)O)c(C(C)C)o1. The van der Waals surface area contributed by atoms with Crippen molar-refractivity contribution in [3.8, 4) is 11.5 Å². The van der Waals surface area contributed by atoms with Gasteiger partial charge in [-0.3, -0.25) is 0 Å². The lowest BCUT2D eigenvalue weighted by Crippen LogP contribution is -2.11. The van der Waals surface area contributed by atoms with Gasteiger partial charge in [0, 0.05) is 18.2 Å². The first kappa shape index (κ1) is 16.3. The molecule has 2 rings (SSSR count). The van der Waals surface area contributed by atoms with Gasteiger partial charge in [-0.05, 0) is 19.9 Å². The Bertz CT molecular complexity index is 695. The molecule has 2 N–H and O–H groups in total. The molecular weight excluding hydrogens is 306 g/mol. The zero-order valence-corrected chi connectivity index (χ0v) is 13.6. The van der Waals surface area contributed by atoms with Crippen LogP contribution < -0.4 is 5.32 Å². The molecule has 22 heavy (non-hydrogen) atoms. The van der Waals surface area contributed by atoms with E-state index in [1.54, 1.807) is 6.07 Å². The van der Waals surface area contributed by atoms with Crippen LogP contribution in [0.5, 0.6) is 0 Å². The minimum atomic E-state index is -1.11. The second-order valence-corrected chi connectivity index (χ2v) is 5.93. The fourth-order valence-electron chi connectivity index (χ4n) is 2.02. The van der Waals surface area contributed by atoms with Gasteiger partial charge >= 0.3 is 5.97 Å². The van der Waals surface area contributed by atoms with E-state index in [1.807, 2.05) is 27.7 Å². The van der Waals surface area contributed by atoms with Crippen LogP contribution in [0.15, 0.2) is 16.7 Å². The maximum atomic E-state index is 11.3. The van der Waals surface area contributed by atoms with Gasteiger partial charge in [-0.15, -0.1) is 0 Å². The molecule has 0 bridgehead atoms. The number of anilines is 1. The Kier molecular flexibility index (Phi) is 4.71. The van der Waals surface area contributed by atoms with E-state index in [9.17, 15) is 9.90 Å². The summed E-state index contributed by atoms with van der Waals surface area (Å²) in [7, 11) is 0. The topological polar surface area (TPSA) is 88.2 Å². The zero-order chi connectivity index (χ0) is 16.4. The first-order valence-electron chi connectivity index (χ1n) is 6.96. The molecule has 0 aliphatic rings. The first-order valence-corrected chi connectivity index (χ1v) is 7.33. The Labute approximate surface area is 133 Å². The fourth-order valence-corrected chi connectivity index (χ4v) is 2.18. The molecule has 2 heterocycles. The molecule has 6 nitrogen and oxygen atoms in total. The van der Waals surface area contributed by atoms with Crippen LogP contribution in [0.1, 0.15) is 49.9 Å². The second-order valence-electron chi connectivity index (χ2n) is 5.54. The van der Waals surface area contributed by atoms with Gasteiger partial charge in [0.2, 0.25) is 5.89 Å². The average Bonchev–Trinajstić information content (AvgIpc) is 2.83. The lowest BCUT2D eigenvalue weighted by Gasteiger charge is -2.13. The van der Waals surface area contributed by atoms with E-state index < -0.39 is 5.97 Å². The van der Waals surface area contributed by atoms with Crippen molar-refractivity contribution in [3.63, 3.8) is 0 Å². The van der Waals surface area contributed by atoms with Gasteiger partial charge in [0.05, 0.1) is 11.3 Å². The zero-order valence-electron chi connectivity index (χ0n) is 12.8. The highest BCUT2D eigenvalue weighted by Gasteiger charge is 2.24. The summed E-state index contributed by atoms with van der Waals surface area (Å²) in [6.07, 6.45) is 1.52. The van der Waals surface area contributed by atoms with Crippen molar-refractivity contribution >= 4 is 23.3 Å². The van der Waals surface area contributed by atoms with E-state index in [-0.39, 0.29) is 23.5 Å². The Morgan fingerprint density at radius 2 is 2.05 bits per heavy atom. The molecule has 7 heteroatoms. The second kappa shape index (κ2) is 6.36. The van der Waals surface area contributed by atoms with Gasteiger partial charge in [-0.2, -0.15) is 0 Å². The Morgan fingerprint density at radius 3 is 2.55 bits per heavy atom. The van der Waals surface area contributed by atoms with Crippen molar-refractivity contribution in [1.29, 1.82) is 0 Å². The molecule has 0 saturated carbocycles. The molecule has 2 aromatic heterocycles. The van der Waals surface area contributed by atoms with Crippen molar-refractivity contribution in [2.75, 3.05) is 5.32 Å². The van der Waals surface area contributed by atoms with Crippen molar-refractivity contribution < 1.29 is 14.3 Å². The molecule has 0 atom stereocenters. The maximum Gasteiger partial charge on any atom is 0.358 e. The number of oxazole rings is 1. The van der Waals surface area contributed by atoms with E-state index in [1.165, 1.54) is 6.20 Å². The smallest absolute Gasteiger partial charge is 0.358 e. The Morgan fingerprint density at radius 1 is 1.36 bits per heavy atom. The molecule has 0 spiro atoms. The van der Waals surface area contributed by atoms with Crippen LogP contribution in [0.2, 0.25) is 5.15 Å². The summed E-state index contributed by atoms with van der Waals surface area (Å²) in [4.78, 5) is 19.5. The number of carboxylic acids is 1. The fraction of sp³-hybridized carbons (Fsp3) is 0.400. The predicted octanol–water partition coefficient (Wildman–Crippen LogP) is 4.03. The highest BCUT2D eigenvalue weighted by Crippen LogP contribution is 2.32. The summed E-state index contributed by atoms with van der Waals surface area (Å²) in [6, 6.07) is 1.83. The van der Waals surface area contributed by atoms with Gasteiger partial charge in [0.1, 0.15) is 10.9 Å². The number of aromatic carboxylic acids is 1. The van der Waals surface area contributed by atoms with Gasteiger partial charge < -0.3 is 14.8 Å². The third-order valence-corrected chi connectivity index (χ3v) is 3.13. The van der Waals surface area contributed by atoms with Crippen molar-refractivity contribution in [2.24, 2.45) is 0 Å². The van der Waals surface area contributed by atoms with Crippen LogP contribution in [-0.2, 0) is 0 Å². The van der Waals surface area contributed by atoms with E-state index in [0.29, 0.717) is 22.2 Å². The predicted molar refractivity (Wildman–Crippen MR) is 84.6 cm³/mol. The van der Waals surface area contributed by atoms with Gasteiger partial charge in [-0.1, -0.05) is 25.4 Å². The number of hydrogen-bond acceptors (Lipinski definition) is 5. The quantitative estimate of drug-likeness (QED) is 0.807. The summed E-state index contributed by atoms with van der Waals surface area (Å²) in [5.74, 6) is -0.644. The normalized spacial score (nSPS) is 11.2. The summed E-state index contributed by atoms with van der Waals surface area (Å²) in [5, 5.41) is 12.8. The van der Waals surface area contributed by atoms with Crippen LogP contribution in [0.3, 0.4) is 0 Å². The largest absolute Gasteiger partial charge is 0.476 e. The summed E-state index contributed by atoms with van der Waals surface area (Å²) in [6.45, 7) is 7.67. The van der Waals surface area contributed by atoms with Crippen molar-refractivity contribution in [1.82, 2.24) is 9.97 Å². The van der Waals surface area contributed by atoms with Crippen LogP contribution in [0.4, 0.5) is 5.69 Å². The van der Waals surface area contributed by atoms with E-state index >= 15 is 0 Å². The molecule has 0 aromatic carbocycles. The summed E-state index contributed by atoms with van der Waals surface area (Å²) < 4.78 is 5.67. The lowest BCUT2D eigenvalue weighted by molar-refractivity contribution is 0.0688. The van der Waals surface area contributed by atoms with Crippen molar-refractivity contribution in [3.05, 3.63) is 28.9 Å². The van der Waals surface area contributed by atoms with Gasteiger partial charge in [-0.25, -0.2) is 14.8 Å². The number of carboxylic acid groups (broad SMARTS) is 1. The molecule has 0 aliphatic heterocycles. The number of pyridine rings is 1. The molecule has 0 amide bonds. The number of nitrogens with zero attached hydrogens (tertiary/aromatic N) is 2. The van der Waals surface area contributed by atoms with Crippen LogP contribution >= 0.6 is 11.6 Å². The molecule has 0 unspecified atom stereocenters. The summed E-state index contributed by atoms with van der Waals surface area (Å²) >= 11 is 5.93. The molecule has 0 aliphatic carbocycles. The Hall–Kier alpha value is -2.08. The Balaban J connectivity index is 2.56. The summed E-state index contributed by atoms with van der Waals surface area (Å²) in [5.41, 5.74) is 1.20. The molecule has 0 fully saturated rings. The molecule has 2 aromatic rings. The third-order valence-electron chi connectivity index (χ3n) is 2.93. The minimum absolute atomic E-state index is 0.0737. The number of rotatable bonds is 5. The number of aromatic nitrogens is 2. The number of hydrogen-bond donors (Lipinski definition) is 2. The van der Waals surface area contributed by atoms with E-state index in [4.69, 9.17) is 16.0 Å². The van der Waals surface area contributed by atoms with Gasteiger partial charge in [0.15, 0.2) is 5.69 Å². The van der Waals surface area contributed by atoms with Crippen molar-refractivity contribution in [2.45, 2.75) is 39.7 Å². The van der Waals surface area contributed by atoms with Gasteiger partial charge in [0.25, 0.3) is 0 Å².